The minimum atomic E-state index is -1.11. The molecule has 108 valence electrons. The molecule has 21 heavy (non-hydrogen) atoms. The summed E-state index contributed by atoms with van der Waals surface area (Å²) in [6.45, 7) is 3.86. The van der Waals surface area contributed by atoms with Gasteiger partial charge in [-0.25, -0.2) is 4.79 Å². The Morgan fingerprint density at radius 2 is 1.57 bits per heavy atom. The molecule has 2 rings (SSSR count). The van der Waals surface area contributed by atoms with Crippen molar-refractivity contribution in [3.8, 4) is 0 Å². The molecule has 0 aliphatic heterocycles. The maximum absolute atomic E-state index is 12.2. The van der Waals surface area contributed by atoms with Crippen LogP contribution in [0.4, 0.5) is 0 Å². The Labute approximate surface area is 123 Å². The van der Waals surface area contributed by atoms with E-state index in [0.717, 1.165) is 11.1 Å². The summed E-state index contributed by atoms with van der Waals surface area (Å²) in [6.07, 6.45) is 0. The summed E-state index contributed by atoms with van der Waals surface area (Å²) in [5, 5.41) is 11.9. The fraction of sp³-hybridized carbons (Fsp3) is 0.176. The van der Waals surface area contributed by atoms with E-state index in [2.05, 4.69) is 5.32 Å². The SMILES string of the molecule is Cc1ccc([C@@H](C)NC(=O)c2ccccc2C(=O)O)cc1. The zero-order valence-electron chi connectivity index (χ0n) is 12.0. The predicted molar refractivity (Wildman–Crippen MR) is 80.5 cm³/mol. The number of aryl methyl sites for hydroxylation is 1. The summed E-state index contributed by atoms with van der Waals surface area (Å²) < 4.78 is 0. The molecule has 0 bridgehead atoms. The van der Waals surface area contributed by atoms with Gasteiger partial charge in [-0.15, -0.1) is 0 Å². The second-order valence-corrected chi connectivity index (χ2v) is 4.96. The molecule has 0 saturated heterocycles. The molecular weight excluding hydrogens is 266 g/mol. The summed E-state index contributed by atoms with van der Waals surface area (Å²) in [5.41, 5.74) is 2.30. The lowest BCUT2D eigenvalue weighted by Crippen LogP contribution is -2.28. The number of carbonyl (C=O) groups excluding carboxylic acids is 1. The van der Waals surface area contributed by atoms with Gasteiger partial charge in [-0.3, -0.25) is 4.79 Å². The third-order valence-electron chi connectivity index (χ3n) is 3.33. The van der Waals surface area contributed by atoms with Gasteiger partial charge in [0.1, 0.15) is 0 Å². The van der Waals surface area contributed by atoms with Gasteiger partial charge in [0.05, 0.1) is 17.2 Å². The lowest BCUT2D eigenvalue weighted by atomic mass is 10.0. The number of aromatic carboxylic acids is 1. The van der Waals surface area contributed by atoms with E-state index in [-0.39, 0.29) is 23.1 Å². The van der Waals surface area contributed by atoms with E-state index in [4.69, 9.17) is 5.11 Å². The molecule has 1 atom stereocenters. The first-order valence-corrected chi connectivity index (χ1v) is 6.69. The van der Waals surface area contributed by atoms with Gasteiger partial charge in [-0.2, -0.15) is 0 Å². The summed E-state index contributed by atoms with van der Waals surface area (Å²) in [4.78, 5) is 23.4. The fourth-order valence-electron chi connectivity index (χ4n) is 2.08. The molecule has 0 saturated carbocycles. The maximum Gasteiger partial charge on any atom is 0.336 e. The number of hydrogen-bond acceptors (Lipinski definition) is 2. The van der Waals surface area contributed by atoms with E-state index < -0.39 is 5.97 Å². The van der Waals surface area contributed by atoms with Crippen LogP contribution in [-0.4, -0.2) is 17.0 Å². The molecule has 2 aromatic carbocycles. The number of benzene rings is 2. The first-order chi connectivity index (χ1) is 9.99. The van der Waals surface area contributed by atoms with E-state index in [9.17, 15) is 9.59 Å². The molecule has 2 N–H and O–H groups in total. The van der Waals surface area contributed by atoms with Crippen molar-refractivity contribution in [2.45, 2.75) is 19.9 Å². The number of amides is 1. The molecule has 0 spiro atoms. The summed E-state index contributed by atoms with van der Waals surface area (Å²) >= 11 is 0. The van der Waals surface area contributed by atoms with E-state index >= 15 is 0 Å². The van der Waals surface area contributed by atoms with Gasteiger partial charge < -0.3 is 10.4 Å². The van der Waals surface area contributed by atoms with E-state index in [0.29, 0.717) is 0 Å². The molecule has 0 heterocycles. The molecule has 0 aliphatic rings. The van der Waals surface area contributed by atoms with Crippen LogP contribution in [0.3, 0.4) is 0 Å². The molecule has 0 radical (unpaired) electrons. The number of hydrogen-bond donors (Lipinski definition) is 2. The number of carbonyl (C=O) groups is 2. The van der Waals surface area contributed by atoms with Gasteiger partial charge in [0.25, 0.3) is 5.91 Å². The van der Waals surface area contributed by atoms with Crippen molar-refractivity contribution in [1.29, 1.82) is 0 Å². The van der Waals surface area contributed by atoms with E-state index in [1.165, 1.54) is 12.1 Å². The Hall–Kier alpha value is -2.62. The summed E-state index contributed by atoms with van der Waals surface area (Å²) in [6, 6.07) is 13.8. The highest BCUT2D eigenvalue weighted by atomic mass is 16.4. The minimum absolute atomic E-state index is 0.00565. The highest BCUT2D eigenvalue weighted by Crippen LogP contribution is 2.15. The van der Waals surface area contributed by atoms with Gasteiger partial charge in [0, 0.05) is 0 Å². The normalized spacial score (nSPS) is 11.7. The molecule has 4 nitrogen and oxygen atoms in total. The van der Waals surface area contributed by atoms with Gasteiger partial charge in [0.15, 0.2) is 0 Å². The number of carboxylic acid groups (broad SMARTS) is 1. The second kappa shape index (κ2) is 6.22. The van der Waals surface area contributed by atoms with E-state index in [1.54, 1.807) is 12.1 Å². The van der Waals surface area contributed by atoms with Crippen LogP contribution < -0.4 is 5.32 Å². The lowest BCUT2D eigenvalue weighted by molar-refractivity contribution is 0.0690. The van der Waals surface area contributed by atoms with Crippen LogP contribution in [0.15, 0.2) is 48.5 Å². The lowest BCUT2D eigenvalue weighted by Gasteiger charge is -2.15. The average molecular weight is 283 g/mol. The van der Waals surface area contributed by atoms with Crippen molar-refractivity contribution in [2.24, 2.45) is 0 Å². The van der Waals surface area contributed by atoms with Gasteiger partial charge >= 0.3 is 5.97 Å². The van der Waals surface area contributed by atoms with Crippen molar-refractivity contribution in [2.75, 3.05) is 0 Å². The van der Waals surface area contributed by atoms with Crippen LogP contribution in [0.2, 0.25) is 0 Å². The first kappa shape index (κ1) is 14.8. The van der Waals surface area contributed by atoms with Crippen LogP contribution >= 0.6 is 0 Å². The Balaban J connectivity index is 2.18. The smallest absolute Gasteiger partial charge is 0.336 e. The average Bonchev–Trinajstić information content (AvgIpc) is 2.47. The van der Waals surface area contributed by atoms with Gasteiger partial charge in [-0.05, 0) is 31.5 Å². The molecule has 0 aromatic heterocycles. The van der Waals surface area contributed by atoms with Gasteiger partial charge in [0.2, 0.25) is 0 Å². The van der Waals surface area contributed by atoms with E-state index in [1.807, 2.05) is 38.1 Å². The number of carboxylic acids is 1. The molecule has 0 unspecified atom stereocenters. The summed E-state index contributed by atoms with van der Waals surface area (Å²) in [5.74, 6) is -1.50. The second-order valence-electron chi connectivity index (χ2n) is 4.96. The quantitative estimate of drug-likeness (QED) is 0.905. The van der Waals surface area contributed by atoms with Crippen molar-refractivity contribution in [1.82, 2.24) is 5.32 Å². The Morgan fingerprint density at radius 1 is 1.00 bits per heavy atom. The zero-order valence-corrected chi connectivity index (χ0v) is 12.0. The van der Waals surface area contributed by atoms with Crippen molar-refractivity contribution < 1.29 is 14.7 Å². The van der Waals surface area contributed by atoms with Crippen molar-refractivity contribution in [3.63, 3.8) is 0 Å². The van der Waals surface area contributed by atoms with Crippen LogP contribution in [0, 0.1) is 6.92 Å². The predicted octanol–water partition coefficient (Wildman–Crippen LogP) is 3.18. The topological polar surface area (TPSA) is 66.4 Å². The maximum atomic E-state index is 12.2. The third-order valence-corrected chi connectivity index (χ3v) is 3.33. The fourth-order valence-corrected chi connectivity index (χ4v) is 2.08. The monoisotopic (exact) mass is 283 g/mol. The largest absolute Gasteiger partial charge is 0.478 e. The highest BCUT2D eigenvalue weighted by Gasteiger charge is 2.17. The summed E-state index contributed by atoms with van der Waals surface area (Å²) in [7, 11) is 0. The van der Waals surface area contributed by atoms with Crippen LogP contribution in [-0.2, 0) is 0 Å². The standard InChI is InChI=1S/C17H17NO3/c1-11-7-9-13(10-8-11)12(2)18-16(19)14-5-3-4-6-15(14)17(20)21/h3-10,12H,1-2H3,(H,18,19)(H,20,21)/t12-/m1/s1. The van der Waals surface area contributed by atoms with Gasteiger partial charge in [-0.1, -0.05) is 42.0 Å². The number of rotatable bonds is 4. The Bertz CT molecular complexity index is 662. The van der Waals surface area contributed by atoms with Crippen molar-refractivity contribution in [3.05, 3.63) is 70.8 Å². The zero-order chi connectivity index (χ0) is 15.4. The molecule has 1 amide bonds. The third kappa shape index (κ3) is 3.48. The molecule has 2 aromatic rings. The van der Waals surface area contributed by atoms with Crippen LogP contribution in [0.1, 0.15) is 44.8 Å². The molecular formula is C17H17NO3. The molecule has 0 aliphatic carbocycles. The van der Waals surface area contributed by atoms with Crippen LogP contribution in [0.5, 0.6) is 0 Å². The molecule has 0 fully saturated rings. The highest BCUT2D eigenvalue weighted by molar-refractivity contribution is 6.04. The Kier molecular flexibility index (Phi) is 4.38. The number of nitrogens with one attached hydrogen (secondary N) is 1. The Morgan fingerprint density at radius 3 is 2.14 bits per heavy atom. The van der Waals surface area contributed by atoms with Crippen molar-refractivity contribution >= 4 is 11.9 Å². The minimum Gasteiger partial charge on any atom is -0.478 e. The first-order valence-electron chi connectivity index (χ1n) is 6.69. The van der Waals surface area contributed by atoms with Crippen LogP contribution in [0.25, 0.3) is 0 Å². The molecule has 4 heteroatoms.